The lowest BCUT2D eigenvalue weighted by Gasteiger charge is -2.13. The Hall–Kier alpha value is -1.59. The maximum atomic E-state index is 11.1. The van der Waals surface area contributed by atoms with Crippen LogP contribution in [0.15, 0.2) is 0 Å². The van der Waals surface area contributed by atoms with E-state index in [4.69, 9.17) is 10.2 Å². The van der Waals surface area contributed by atoms with Gasteiger partial charge in [-0.25, -0.2) is 4.79 Å². The van der Waals surface area contributed by atoms with E-state index < -0.39 is 30.3 Å². The third kappa shape index (κ3) is 4.44. The fourth-order valence-corrected chi connectivity index (χ4v) is 0.713. The highest BCUT2D eigenvalue weighted by Gasteiger charge is 2.23. The first-order valence-corrected chi connectivity index (χ1v) is 4.09. The second-order valence-corrected chi connectivity index (χ2v) is 3.15. The molecular formula is C8H13NO5. The molecule has 3 N–H and O–H groups in total. The first-order chi connectivity index (χ1) is 6.34. The summed E-state index contributed by atoms with van der Waals surface area (Å²) in [6.07, 6.45) is -0.617. The van der Waals surface area contributed by atoms with Crippen molar-refractivity contribution in [2.75, 3.05) is 0 Å². The molecule has 0 aliphatic heterocycles. The van der Waals surface area contributed by atoms with Gasteiger partial charge in [0.2, 0.25) is 5.91 Å². The van der Waals surface area contributed by atoms with Crippen LogP contribution in [0.25, 0.3) is 0 Å². The molecule has 0 saturated heterocycles. The van der Waals surface area contributed by atoms with Crippen molar-refractivity contribution in [3.05, 3.63) is 0 Å². The minimum absolute atomic E-state index is 0.370. The minimum atomic E-state index is -1.36. The number of carbonyl (C=O) groups excluding carboxylic acids is 1. The molecule has 80 valence electrons. The monoisotopic (exact) mass is 203 g/mol. The lowest BCUT2D eigenvalue weighted by Crippen LogP contribution is -2.43. The summed E-state index contributed by atoms with van der Waals surface area (Å²) in [6, 6.07) is -1.36. The zero-order valence-corrected chi connectivity index (χ0v) is 7.98. The van der Waals surface area contributed by atoms with Crippen LogP contribution in [-0.4, -0.2) is 34.1 Å². The summed E-state index contributed by atoms with van der Waals surface area (Å²) in [5.41, 5.74) is 0. The molecule has 6 nitrogen and oxygen atoms in total. The summed E-state index contributed by atoms with van der Waals surface area (Å²) in [6.45, 7) is 3.18. The number of amides is 1. The molecule has 0 aromatic rings. The molecule has 0 aliphatic rings. The summed E-state index contributed by atoms with van der Waals surface area (Å²) >= 11 is 0. The van der Waals surface area contributed by atoms with Crippen LogP contribution in [0.2, 0.25) is 0 Å². The Morgan fingerprint density at radius 2 is 1.71 bits per heavy atom. The quantitative estimate of drug-likeness (QED) is 0.568. The van der Waals surface area contributed by atoms with E-state index in [1.54, 1.807) is 13.8 Å². The largest absolute Gasteiger partial charge is 0.481 e. The van der Waals surface area contributed by atoms with Crippen LogP contribution >= 0.6 is 0 Å². The number of carboxylic acid groups (broad SMARTS) is 2. The van der Waals surface area contributed by atoms with Crippen molar-refractivity contribution in [3.63, 3.8) is 0 Å². The Kier molecular flexibility index (Phi) is 4.62. The van der Waals surface area contributed by atoms with E-state index in [-0.39, 0.29) is 5.92 Å². The predicted octanol–water partition coefficient (Wildman–Crippen LogP) is -0.313. The molecule has 0 aromatic carbocycles. The van der Waals surface area contributed by atoms with E-state index in [9.17, 15) is 14.4 Å². The molecule has 6 heteroatoms. The van der Waals surface area contributed by atoms with Crippen molar-refractivity contribution < 1.29 is 24.6 Å². The van der Waals surface area contributed by atoms with Crippen LogP contribution in [-0.2, 0) is 14.4 Å². The first kappa shape index (κ1) is 12.4. The topological polar surface area (TPSA) is 104 Å². The fraction of sp³-hybridized carbons (Fsp3) is 0.625. The molecule has 0 fully saturated rings. The predicted molar refractivity (Wildman–Crippen MR) is 46.7 cm³/mol. The molecule has 0 saturated carbocycles. The molecule has 0 heterocycles. The van der Waals surface area contributed by atoms with Crippen LogP contribution in [0.3, 0.4) is 0 Å². The van der Waals surface area contributed by atoms with Crippen LogP contribution in [0.4, 0.5) is 0 Å². The van der Waals surface area contributed by atoms with Gasteiger partial charge in [0.1, 0.15) is 6.04 Å². The third-order valence-corrected chi connectivity index (χ3v) is 1.52. The van der Waals surface area contributed by atoms with Gasteiger partial charge in [0.25, 0.3) is 0 Å². The second kappa shape index (κ2) is 5.21. The summed E-state index contributed by atoms with van der Waals surface area (Å²) in [7, 11) is 0. The highest BCUT2D eigenvalue weighted by atomic mass is 16.4. The zero-order valence-electron chi connectivity index (χ0n) is 7.98. The van der Waals surface area contributed by atoms with Crippen LogP contribution in [0.5, 0.6) is 0 Å². The molecule has 0 aliphatic carbocycles. The van der Waals surface area contributed by atoms with Gasteiger partial charge in [-0.15, -0.1) is 0 Å². The van der Waals surface area contributed by atoms with Crippen molar-refractivity contribution in [2.24, 2.45) is 5.92 Å². The Morgan fingerprint density at radius 3 is 2.00 bits per heavy atom. The van der Waals surface area contributed by atoms with Gasteiger partial charge in [0.15, 0.2) is 0 Å². The molecule has 0 radical (unpaired) electrons. The standard InChI is InChI=1S/C8H13NO5/c1-4(2)7(12)9-5(8(13)14)3-6(10)11/h4-5H,3H2,1-2H3,(H,9,12)(H,10,11)(H,13,14). The van der Waals surface area contributed by atoms with E-state index in [1.165, 1.54) is 0 Å². The maximum Gasteiger partial charge on any atom is 0.326 e. The van der Waals surface area contributed by atoms with E-state index in [1.807, 2.05) is 0 Å². The summed E-state index contributed by atoms with van der Waals surface area (Å²) in [5.74, 6) is -3.45. The van der Waals surface area contributed by atoms with E-state index in [0.29, 0.717) is 0 Å². The van der Waals surface area contributed by atoms with Gasteiger partial charge in [-0.3, -0.25) is 9.59 Å². The molecule has 1 amide bonds. The molecule has 14 heavy (non-hydrogen) atoms. The SMILES string of the molecule is CC(C)C(=O)NC(CC(=O)O)C(=O)O. The Labute approximate surface area is 80.9 Å². The Bertz CT molecular complexity index is 248. The molecule has 1 atom stereocenters. The van der Waals surface area contributed by atoms with Crippen molar-refractivity contribution >= 4 is 17.8 Å². The number of carboxylic acids is 2. The maximum absolute atomic E-state index is 11.1. The molecule has 0 bridgehead atoms. The first-order valence-electron chi connectivity index (χ1n) is 4.09. The minimum Gasteiger partial charge on any atom is -0.481 e. The molecule has 1 unspecified atom stereocenters. The van der Waals surface area contributed by atoms with Crippen LogP contribution in [0.1, 0.15) is 20.3 Å². The van der Waals surface area contributed by atoms with Crippen molar-refractivity contribution in [3.8, 4) is 0 Å². The Balaban J connectivity index is 4.31. The number of rotatable bonds is 5. The average molecular weight is 203 g/mol. The van der Waals surface area contributed by atoms with Gasteiger partial charge in [-0.2, -0.15) is 0 Å². The van der Waals surface area contributed by atoms with Gasteiger partial charge in [-0.05, 0) is 0 Å². The lowest BCUT2D eigenvalue weighted by atomic mass is 10.1. The highest BCUT2D eigenvalue weighted by molar-refractivity contribution is 5.87. The lowest BCUT2D eigenvalue weighted by molar-refractivity contribution is -0.147. The van der Waals surface area contributed by atoms with Gasteiger partial charge < -0.3 is 15.5 Å². The molecule has 0 aromatic heterocycles. The number of hydrogen-bond acceptors (Lipinski definition) is 3. The average Bonchev–Trinajstić information content (AvgIpc) is 2.01. The number of aliphatic carboxylic acids is 2. The van der Waals surface area contributed by atoms with Crippen LogP contribution in [0, 0.1) is 5.92 Å². The number of hydrogen-bond donors (Lipinski definition) is 3. The highest BCUT2D eigenvalue weighted by Crippen LogP contribution is 1.97. The molecule has 0 spiro atoms. The normalized spacial score (nSPS) is 12.2. The van der Waals surface area contributed by atoms with Crippen molar-refractivity contribution in [1.29, 1.82) is 0 Å². The zero-order chi connectivity index (χ0) is 11.3. The van der Waals surface area contributed by atoms with Crippen LogP contribution < -0.4 is 5.32 Å². The van der Waals surface area contributed by atoms with Gasteiger partial charge in [-0.1, -0.05) is 13.8 Å². The smallest absolute Gasteiger partial charge is 0.326 e. The van der Waals surface area contributed by atoms with E-state index >= 15 is 0 Å². The summed E-state index contributed by atoms with van der Waals surface area (Å²) < 4.78 is 0. The van der Waals surface area contributed by atoms with Crippen molar-refractivity contribution in [1.82, 2.24) is 5.32 Å². The van der Waals surface area contributed by atoms with Gasteiger partial charge in [0, 0.05) is 5.92 Å². The second-order valence-electron chi connectivity index (χ2n) is 3.15. The Morgan fingerprint density at radius 1 is 1.21 bits per heavy atom. The van der Waals surface area contributed by atoms with E-state index in [0.717, 1.165) is 0 Å². The molecular weight excluding hydrogens is 190 g/mol. The van der Waals surface area contributed by atoms with Gasteiger partial charge >= 0.3 is 11.9 Å². The number of nitrogens with one attached hydrogen (secondary N) is 1. The summed E-state index contributed by atoms with van der Waals surface area (Å²) in [5, 5.41) is 19.1. The van der Waals surface area contributed by atoms with E-state index in [2.05, 4.69) is 5.32 Å². The van der Waals surface area contributed by atoms with Crippen molar-refractivity contribution in [2.45, 2.75) is 26.3 Å². The number of carbonyl (C=O) groups is 3. The fourth-order valence-electron chi connectivity index (χ4n) is 0.713. The van der Waals surface area contributed by atoms with Gasteiger partial charge in [0.05, 0.1) is 6.42 Å². The molecule has 0 rings (SSSR count). The summed E-state index contributed by atoms with van der Waals surface area (Å²) in [4.78, 5) is 31.8. The third-order valence-electron chi connectivity index (χ3n) is 1.52.